The van der Waals surface area contributed by atoms with Crippen LogP contribution in [0.4, 0.5) is 0 Å². The summed E-state index contributed by atoms with van der Waals surface area (Å²) in [6, 6.07) is 8.08. The molecule has 3 heteroatoms. The Hall–Kier alpha value is -2.16. The fraction of sp³-hybridized carbons (Fsp3) is 0.143. The molecule has 0 heterocycles. The Labute approximate surface area is 99.6 Å². The van der Waals surface area contributed by atoms with Crippen molar-refractivity contribution in [2.75, 3.05) is 0 Å². The number of phenolic OH excluding ortho intramolecular Hbond substituents is 3. The molecule has 0 saturated carbocycles. The molecule has 88 valence electrons. The Morgan fingerprint density at radius 2 is 1.47 bits per heavy atom. The quantitative estimate of drug-likeness (QED) is 0.705. The SMILES string of the molecule is Cc1cc(C)c(O)c(-c2c(O)cccc2O)c1. The van der Waals surface area contributed by atoms with E-state index in [1.54, 1.807) is 19.1 Å². The van der Waals surface area contributed by atoms with Gasteiger partial charge in [-0.15, -0.1) is 0 Å². The van der Waals surface area contributed by atoms with E-state index in [1.807, 2.05) is 13.0 Å². The smallest absolute Gasteiger partial charge is 0.127 e. The first-order chi connectivity index (χ1) is 8.00. The lowest BCUT2D eigenvalue weighted by molar-refractivity contribution is 0.449. The lowest BCUT2D eigenvalue weighted by Gasteiger charge is -2.12. The normalized spacial score (nSPS) is 10.5. The number of benzene rings is 2. The molecule has 0 fully saturated rings. The highest BCUT2D eigenvalue weighted by Crippen LogP contribution is 2.42. The van der Waals surface area contributed by atoms with Crippen LogP contribution < -0.4 is 0 Å². The van der Waals surface area contributed by atoms with Crippen molar-refractivity contribution in [3.05, 3.63) is 41.5 Å². The van der Waals surface area contributed by atoms with Gasteiger partial charge in [0.25, 0.3) is 0 Å². The molecule has 2 rings (SSSR count). The van der Waals surface area contributed by atoms with E-state index >= 15 is 0 Å². The van der Waals surface area contributed by atoms with E-state index in [0.29, 0.717) is 11.1 Å². The second kappa shape index (κ2) is 4.01. The number of rotatable bonds is 1. The molecular weight excluding hydrogens is 216 g/mol. The Balaban J connectivity index is 2.77. The van der Waals surface area contributed by atoms with Gasteiger partial charge in [0.05, 0.1) is 5.56 Å². The highest BCUT2D eigenvalue weighted by Gasteiger charge is 2.15. The molecule has 2 aromatic carbocycles. The summed E-state index contributed by atoms with van der Waals surface area (Å²) in [6.07, 6.45) is 0. The zero-order chi connectivity index (χ0) is 12.6. The van der Waals surface area contributed by atoms with Gasteiger partial charge in [0.2, 0.25) is 0 Å². The number of hydrogen-bond acceptors (Lipinski definition) is 3. The highest BCUT2D eigenvalue weighted by molar-refractivity contribution is 5.81. The fourth-order valence-corrected chi connectivity index (χ4v) is 1.95. The largest absolute Gasteiger partial charge is 0.507 e. The molecule has 0 spiro atoms. The maximum atomic E-state index is 10.0. The van der Waals surface area contributed by atoms with Crippen LogP contribution in [-0.4, -0.2) is 15.3 Å². The minimum absolute atomic E-state index is 0.0506. The predicted octanol–water partition coefficient (Wildman–Crippen LogP) is 3.09. The molecule has 0 aliphatic carbocycles. The van der Waals surface area contributed by atoms with Gasteiger partial charge in [0.15, 0.2) is 0 Å². The average Bonchev–Trinajstić information content (AvgIpc) is 2.24. The molecule has 3 N–H and O–H groups in total. The maximum Gasteiger partial charge on any atom is 0.127 e. The summed E-state index contributed by atoms with van der Waals surface area (Å²) in [5, 5.41) is 29.6. The standard InChI is InChI=1S/C14H14O3/c1-8-6-9(2)14(17)10(7-8)13-11(15)4-3-5-12(13)16/h3-7,15-17H,1-2H3. The van der Waals surface area contributed by atoms with Gasteiger partial charge in [0, 0.05) is 5.56 Å². The van der Waals surface area contributed by atoms with Crippen LogP contribution in [0.3, 0.4) is 0 Å². The van der Waals surface area contributed by atoms with Crippen molar-refractivity contribution >= 4 is 0 Å². The van der Waals surface area contributed by atoms with Gasteiger partial charge in [-0.3, -0.25) is 0 Å². The van der Waals surface area contributed by atoms with Crippen molar-refractivity contribution in [3.63, 3.8) is 0 Å². The Kier molecular flexibility index (Phi) is 2.68. The number of aromatic hydroxyl groups is 3. The van der Waals surface area contributed by atoms with Crippen molar-refractivity contribution in [1.29, 1.82) is 0 Å². The van der Waals surface area contributed by atoms with Crippen LogP contribution in [0.15, 0.2) is 30.3 Å². The maximum absolute atomic E-state index is 10.0. The van der Waals surface area contributed by atoms with Crippen molar-refractivity contribution in [1.82, 2.24) is 0 Å². The van der Waals surface area contributed by atoms with E-state index in [9.17, 15) is 15.3 Å². The second-order valence-corrected chi connectivity index (χ2v) is 4.15. The second-order valence-electron chi connectivity index (χ2n) is 4.15. The van der Waals surface area contributed by atoms with Crippen LogP contribution in [0.1, 0.15) is 11.1 Å². The molecule has 0 unspecified atom stereocenters. The van der Waals surface area contributed by atoms with Gasteiger partial charge in [-0.25, -0.2) is 0 Å². The molecule has 3 nitrogen and oxygen atoms in total. The first kappa shape index (κ1) is 11.3. The van der Waals surface area contributed by atoms with Crippen molar-refractivity contribution < 1.29 is 15.3 Å². The predicted molar refractivity (Wildman–Crippen MR) is 66.3 cm³/mol. The summed E-state index contributed by atoms with van der Waals surface area (Å²) in [6.45, 7) is 3.68. The summed E-state index contributed by atoms with van der Waals surface area (Å²) in [5.74, 6) is -0.0250. The molecule has 0 radical (unpaired) electrons. The molecule has 0 aliphatic heterocycles. The van der Waals surface area contributed by atoms with Crippen LogP contribution in [0.5, 0.6) is 17.2 Å². The van der Waals surface area contributed by atoms with Crippen molar-refractivity contribution in [2.24, 2.45) is 0 Å². The van der Waals surface area contributed by atoms with Crippen LogP contribution in [0.2, 0.25) is 0 Å². The number of phenols is 3. The highest BCUT2D eigenvalue weighted by atomic mass is 16.3. The number of aryl methyl sites for hydroxylation is 2. The van der Waals surface area contributed by atoms with E-state index in [-0.39, 0.29) is 22.8 Å². The number of hydrogen-bond donors (Lipinski definition) is 3. The minimum atomic E-state index is -0.0506. The van der Waals surface area contributed by atoms with E-state index in [2.05, 4.69) is 0 Å². The summed E-state index contributed by atoms with van der Waals surface area (Å²) in [7, 11) is 0. The van der Waals surface area contributed by atoms with Crippen molar-refractivity contribution in [3.8, 4) is 28.4 Å². The molecule has 0 aliphatic rings. The van der Waals surface area contributed by atoms with E-state index in [1.165, 1.54) is 12.1 Å². The molecule has 0 amide bonds. The van der Waals surface area contributed by atoms with Gasteiger partial charge in [0.1, 0.15) is 17.2 Å². The molecule has 0 aromatic heterocycles. The molecule has 2 aromatic rings. The van der Waals surface area contributed by atoms with E-state index in [0.717, 1.165) is 5.56 Å². The van der Waals surface area contributed by atoms with Gasteiger partial charge in [-0.2, -0.15) is 0 Å². The molecule has 17 heavy (non-hydrogen) atoms. The summed E-state index contributed by atoms with van der Waals surface area (Å²) >= 11 is 0. The lowest BCUT2D eigenvalue weighted by atomic mass is 9.98. The Bertz CT molecular complexity index is 554. The molecule has 0 saturated heterocycles. The Morgan fingerprint density at radius 1 is 0.882 bits per heavy atom. The van der Waals surface area contributed by atoms with Gasteiger partial charge >= 0.3 is 0 Å². The minimum Gasteiger partial charge on any atom is -0.507 e. The topological polar surface area (TPSA) is 60.7 Å². The van der Waals surface area contributed by atoms with Gasteiger partial charge < -0.3 is 15.3 Å². The van der Waals surface area contributed by atoms with Crippen LogP contribution >= 0.6 is 0 Å². The third kappa shape index (κ3) is 1.91. The molecule has 0 atom stereocenters. The van der Waals surface area contributed by atoms with Crippen LogP contribution in [0.25, 0.3) is 11.1 Å². The zero-order valence-electron chi connectivity index (χ0n) is 9.73. The van der Waals surface area contributed by atoms with Gasteiger partial charge in [-0.1, -0.05) is 12.1 Å². The fourth-order valence-electron chi connectivity index (χ4n) is 1.95. The lowest BCUT2D eigenvalue weighted by Crippen LogP contribution is -1.86. The average molecular weight is 230 g/mol. The molecule has 0 bridgehead atoms. The van der Waals surface area contributed by atoms with E-state index < -0.39 is 0 Å². The first-order valence-electron chi connectivity index (χ1n) is 5.32. The van der Waals surface area contributed by atoms with Gasteiger partial charge in [-0.05, 0) is 43.2 Å². The van der Waals surface area contributed by atoms with Crippen molar-refractivity contribution in [2.45, 2.75) is 13.8 Å². The monoisotopic (exact) mass is 230 g/mol. The third-order valence-corrected chi connectivity index (χ3v) is 2.73. The van der Waals surface area contributed by atoms with Crippen LogP contribution in [-0.2, 0) is 0 Å². The summed E-state index contributed by atoms with van der Waals surface area (Å²) in [5.41, 5.74) is 2.37. The first-order valence-corrected chi connectivity index (χ1v) is 5.32. The van der Waals surface area contributed by atoms with E-state index in [4.69, 9.17) is 0 Å². The summed E-state index contributed by atoms with van der Waals surface area (Å²) in [4.78, 5) is 0. The Morgan fingerprint density at radius 3 is 2.06 bits per heavy atom. The van der Waals surface area contributed by atoms with Crippen LogP contribution in [0, 0.1) is 13.8 Å². The third-order valence-electron chi connectivity index (χ3n) is 2.73. The molecular formula is C14H14O3. The summed E-state index contributed by atoms with van der Waals surface area (Å²) < 4.78 is 0. The zero-order valence-corrected chi connectivity index (χ0v) is 9.73.